The number of nitrogens with zero attached hydrogens (tertiary/aromatic N) is 4. The van der Waals surface area contributed by atoms with Crippen molar-refractivity contribution in [2.75, 3.05) is 26.7 Å². The van der Waals surface area contributed by atoms with Crippen LogP contribution in [-0.4, -0.2) is 51.9 Å². The number of benzene rings is 1. The molecular weight excluding hydrogens is 366 g/mol. The number of nitrogens with one attached hydrogen (secondary N) is 1. The van der Waals surface area contributed by atoms with E-state index in [1.165, 1.54) is 0 Å². The van der Waals surface area contributed by atoms with Crippen LogP contribution in [0.2, 0.25) is 0 Å². The van der Waals surface area contributed by atoms with E-state index >= 15 is 0 Å². The highest BCUT2D eigenvalue weighted by molar-refractivity contribution is 5.97. The Morgan fingerprint density at radius 3 is 2.59 bits per heavy atom. The van der Waals surface area contributed by atoms with Crippen LogP contribution in [0.4, 0.5) is 0 Å². The van der Waals surface area contributed by atoms with Gasteiger partial charge in [0.2, 0.25) is 0 Å². The highest BCUT2D eigenvalue weighted by atomic mass is 16.5. The zero-order chi connectivity index (χ0) is 20.8. The van der Waals surface area contributed by atoms with E-state index in [4.69, 9.17) is 4.74 Å². The Morgan fingerprint density at radius 1 is 1.21 bits per heavy atom. The van der Waals surface area contributed by atoms with Crippen molar-refractivity contribution < 1.29 is 9.53 Å². The lowest BCUT2D eigenvalue weighted by Gasteiger charge is -2.30. The van der Waals surface area contributed by atoms with Gasteiger partial charge in [0.05, 0.1) is 19.3 Å². The van der Waals surface area contributed by atoms with E-state index in [0.29, 0.717) is 12.1 Å². The van der Waals surface area contributed by atoms with Crippen LogP contribution in [0.15, 0.2) is 55.0 Å². The molecule has 0 fully saturated rings. The second kappa shape index (κ2) is 9.43. The molecule has 0 spiro atoms. The number of hydrogen-bond acceptors (Lipinski definition) is 4. The molecule has 0 saturated heterocycles. The molecule has 3 rings (SSSR count). The van der Waals surface area contributed by atoms with Gasteiger partial charge in [-0.3, -0.25) is 14.4 Å². The predicted octanol–water partition coefficient (Wildman–Crippen LogP) is 3.03. The maximum atomic E-state index is 13.0. The Hall–Kier alpha value is -3.06. The molecule has 1 N–H and O–H groups in total. The Morgan fingerprint density at radius 2 is 1.93 bits per heavy atom. The van der Waals surface area contributed by atoms with Gasteiger partial charge in [-0.1, -0.05) is 26.0 Å². The van der Waals surface area contributed by atoms with Crippen molar-refractivity contribution in [1.29, 1.82) is 0 Å². The van der Waals surface area contributed by atoms with Crippen LogP contribution in [0.25, 0.3) is 5.82 Å². The number of methoxy groups -OCH3 is 1. The number of aromatic nitrogens is 3. The molecule has 3 aromatic rings. The number of likely N-dealkylation sites (N-methyl/N-ethyl adjacent to an activating group) is 1. The van der Waals surface area contributed by atoms with Crippen LogP contribution in [-0.2, 0) is 7.05 Å². The molecule has 0 saturated carbocycles. The number of carbonyl (C=O) groups excluding carboxylic acids is 1. The van der Waals surface area contributed by atoms with Gasteiger partial charge in [0.25, 0.3) is 5.91 Å². The summed E-state index contributed by atoms with van der Waals surface area (Å²) < 4.78 is 8.99. The monoisotopic (exact) mass is 395 g/mol. The van der Waals surface area contributed by atoms with Crippen molar-refractivity contribution in [3.8, 4) is 11.6 Å². The quantitative estimate of drug-likeness (QED) is 0.605. The van der Waals surface area contributed by atoms with Gasteiger partial charge in [-0.25, -0.2) is 0 Å². The zero-order valence-corrected chi connectivity index (χ0v) is 17.5. The van der Waals surface area contributed by atoms with E-state index in [-0.39, 0.29) is 11.9 Å². The van der Waals surface area contributed by atoms with Gasteiger partial charge in [0, 0.05) is 26.0 Å². The fourth-order valence-corrected chi connectivity index (χ4v) is 3.63. The maximum Gasteiger partial charge on any atom is 0.256 e. The third-order valence-corrected chi connectivity index (χ3v) is 5.19. The molecule has 7 heteroatoms. The van der Waals surface area contributed by atoms with Crippen LogP contribution in [0.3, 0.4) is 0 Å². The largest absolute Gasteiger partial charge is 0.497 e. The average Bonchev–Trinajstić information content (AvgIpc) is 3.40. The lowest BCUT2D eigenvalue weighted by Crippen LogP contribution is -2.38. The van der Waals surface area contributed by atoms with Crippen LogP contribution >= 0.6 is 0 Å². The fourth-order valence-electron chi connectivity index (χ4n) is 3.63. The van der Waals surface area contributed by atoms with Crippen molar-refractivity contribution in [2.45, 2.75) is 19.9 Å². The van der Waals surface area contributed by atoms with Crippen molar-refractivity contribution in [3.05, 3.63) is 66.1 Å². The van der Waals surface area contributed by atoms with Gasteiger partial charge in [0.15, 0.2) is 0 Å². The molecule has 1 unspecified atom stereocenters. The zero-order valence-electron chi connectivity index (χ0n) is 17.5. The molecule has 2 heterocycles. The van der Waals surface area contributed by atoms with E-state index in [9.17, 15) is 4.79 Å². The molecular formula is C22H29N5O2. The summed E-state index contributed by atoms with van der Waals surface area (Å²) in [4.78, 5) is 15.3. The van der Waals surface area contributed by atoms with Gasteiger partial charge in [-0.15, -0.1) is 0 Å². The number of carbonyl (C=O) groups is 1. The van der Waals surface area contributed by atoms with Crippen molar-refractivity contribution in [3.63, 3.8) is 0 Å². The molecule has 154 valence electrons. The molecule has 1 amide bonds. The normalized spacial score (nSPS) is 12.2. The summed E-state index contributed by atoms with van der Waals surface area (Å²) in [6, 6.07) is 11.9. The molecule has 0 bridgehead atoms. The summed E-state index contributed by atoms with van der Waals surface area (Å²) in [5.41, 5.74) is 1.66. The van der Waals surface area contributed by atoms with Gasteiger partial charge in [0.1, 0.15) is 17.1 Å². The predicted molar refractivity (Wildman–Crippen MR) is 114 cm³/mol. The van der Waals surface area contributed by atoms with Crippen molar-refractivity contribution in [2.24, 2.45) is 7.05 Å². The number of amides is 1. The summed E-state index contributed by atoms with van der Waals surface area (Å²) >= 11 is 0. The van der Waals surface area contributed by atoms with Gasteiger partial charge in [-0.2, -0.15) is 5.10 Å². The summed E-state index contributed by atoms with van der Waals surface area (Å²) in [6.45, 7) is 6.52. The third-order valence-electron chi connectivity index (χ3n) is 5.19. The molecule has 0 aliphatic rings. The molecule has 2 aromatic heterocycles. The second-order valence-corrected chi connectivity index (χ2v) is 6.82. The van der Waals surface area contributed by atoms with E-state index in [0.717, 1.165) is 30.2 Å². The van der Waals surface area contributed by atoms with Crippen molar-refractivity contribution in [1.82, 2.24) is 24.6 Å². The standard InChI is InChI=1S/C22H29N5O2/c1-5-26(6-2)20(17-10-9-11-18(14-17)29-4)16-23-21(28)19-15-24-25(3)22(19)27-12-7-8-13-27/h7-15,20H,5-6,16H2,1-4H3,(H,23,28). The van der Waals surface area contributed by atoms with E-state index < -0.39 is 0 Å². The molecule has 1 aromatic carbocycles. The Balaban J connectivity index is 1.82. The first-order valence-corrected chi connectivity index (χ1v) is 9.90. The highest BCUT2D eigenvalue weighted by Crippen LogP contribution is 2.24. The van der Waals surface area contributed by atoms with Crippen LogP contribution in [0.1, 0.15) is 35.8 Å². The topological polar surface area (TPSA) is 64.3 Å². The van der Waals surface area contributed by atoms with Crippen LogP contribution in [0, 0.1) is 0 Å². The number of hydrogen-bond donors (Lipinski definition) is 1. The van der Waals surface area contributed by atoms with Crippen LogP contribution in [0.5, 0.6) is 5.75 Å². The SMILES string of the molecule is CCN(CC)C(CNC(=O)c1cnn(C)c1-n1cccc1)c1cccc(OC)c1. The Bertz CT molecular complexity index is 929. The molecule has 29 heavy (non-hydrogen) atoms. The summed E-state index contributed by atoms with van der Waals surface area (Å²) in [7, 11) is 3.50. The third kappa shape index (κ3) is 4.51. The van der Waals surface area contributed by atoms with Crippen molar-refractivity contribution >= 4 is 5.91 Å². The highest BCUT2D eigenvalue weighted by Gasteiger charge is 2.22. The number of ether oxygens (including phenoxy) is 1. The molecule has 0 radical (unpaired) electrons. The van der Waals surface area contributed by atoms with E-state index in [1.807, 2.05) is 54.3 Å². The smallest absolute Gasteiger partial charge is 0.256 e. The first-order valence-electron chi connectivity index (χ1n) is 9.90. The molecule has 0 aliphatic carbocycles. The Labute approximate surface area is 171 Å². The molecule has 7 nitrogen and oxygen atoms in total. The summed E-state index contributed by atoms with van der Waals surface area (Å²) in [5.74, 6) is 1.42. The lowest BCUT2D eigenvalue weighted by molar-refractivity contribution is 0.0935. The minimum absolute atomic E-state index is 0.0516. The molecule has 0 aliphatic heterocycles. The minimum atomic E-state index is -0.137. The minimum Gasteiger partial charge on any atom is -0.497 e. The lowest BCUT2D eigenvalue weighted by atomic mass is 10.0. The maximum absolute atomic E-state index is 13.0. The Kier molecular flexibility index (Phi) is 6.72. The first kappa shape index (κ1) is 20.7. The fraction of sp³-hybridized carbons (Fsp3) is 0.364. The number of aryl methyl sites for hydroxylation is 1. The van der Waals surface area contributed by atoms with Crippen LogP contribution < -0.4 is 10.1 Å². The van der Waals surface area contributed by atoms with Gasteiger partial charge in [-0.05, 0) is 42.9 Å². The van der Waals surface area contributed by atoms with Gasteiger partial charge < -0.3 is 14.6 Å². The summed E-state index contributed by atoms with van der Waals surface area (Å²) in [5, 5.41) is 7.39. The van der Waals surface area contributed by atoms with E-state index in [2.05, 4.69) is 35.2 Å². The second-order valence-electron chi connectivity index (χ2n) is 6.82. The van der Waals surface area contributed by atoms with Gasteiger partial charge >= 0.3 is 0 Å². The first-order chi connectivity index (χ1) is 14.1. The number of rotatable bonds is 9. The average molecular weight is 396 g/mol. The molecule has 1 atom stereocenters. The summed E-state index contributed by atoms with van der Waals surface area (Å²) in [6.07, 6.45) is 5.42. The van der Waals surface area contributed by atoms with E-state index in [1.54, 1.807) is 18.0 Å².